The third-order valence-corrected chi connectivity index (χ3v) is 4.01. The predicted octanol–water partition coefficient (Wildman–Crippen LogP) is 2.99. The van der Waals surface area contributed by atoms with Crippen molar-refractivity contribution >= 4 is 23.3 Å². The lowest BCUT2D eigenvalue weighted by Gasteiger charge is -2.00. The molecule has 5 nitrogen and oxygen atoms in total. The molecule has 0 radical (unpaired) electrons. The minimum Gasteiger partial charge on any atom is -0.293 e. The lowest BCUT2D eigenvalue weighted by Crippen LogP contribution is -2.04. The van der Waals surface area contributed by atoms with Gasteiger partial charge in [0, 0.05) is 17.0 Å². The molecule has 0 spiro atoms. The Bertz CT molecular complexity index is 910. The van der Waals surface area contributed by atoms with Crippen molar-refractivity contribution in [1.29, 1.82) is 0 Å². The summed E-state index contributed by atoms with van der Waals surface area (Å²) in [6.45, 7) is 3.75. The molecule has 2 heterocycles. The van der Waals surface area contributed by atoms with E-state index in [1.807, 2.05) is 19.9 Å². The monoisotopic (exact) mass is 334 g/mol. The van der Waals surface area contributed by atoms with Crippen LogP contribution in [0.4, 0.5) is 8.78 Å². The van der Waals surface area contributed by atoms with E-state index >= 15 is 0 Å². The van der Waals surface area contributed by atoms with Gasteiger partial charge in [-0.3, -0.25) is 4.79 Å². The molecule has 0 amide bonds. The molecule has 0 bridgehead atoms. The van der Waals surface area contributed by atoms with Crippen LogP contribution in [0.15, 0.2) is 29.4 Å². The molecule has 8 heteroatoms. The molecular formula is C15H12F2N4OS. The van der Waals surface area contributed by atoms with Gasteiger partial charge in [0.2, 0.25) is 5.16 Å². The van der Waals surface area contributed by atoms with Crippen molar-refractivity contribution in [2.75, 3.05) is 5.75 Å². The molecule has 0 N–H and O–H groups in total. The number of Topliss-reactive ketones (excluding diaryl/α,β-unsaturated/α-hetero) is 1. The summed E-state index contributed by atoms with van der Waals surface area (Å²) in [5, 5.41) is 4.68. The Balaban J connectivity index is 1.76. The van der Waals surface area contributed by atoms with Crippen molar-refractivity contribution in [2.45, 2.75) is 19.0 Å². The fraction of sp³-hybridized carbons (Fsp3) is 0.200. The van der Waals surface area contributed by atoms with Gasteiger partial charge in [0.15, 0.2) is 17.4 Å². The molecule has 118 valence electrons. The van der Waals surface area contributed by atoms with Crippen LogP contribution in [0.1, 0.15) is 21.7 Å². The third-order valence-electron chi connectivity index (χ3n) is 3.17. The molecule has 0 saturated heterocycles. The van der Waals surface area contributed by atoms with Gasteiger partial charge in [0.1, 0.15) is 0 Å². The van der Waals surface area contributed by atoms with Crippen molar-refractivity contribution in [2.24, 2.45) is 0 Å². The number of ketones is 1. The van der Waals surface area contributed by atoms with E-state index in [1.54, 1.807) is 4.52 Å². The van der Waals surface area contributed by atoms with Crippen LogP contribution in [-0.4, -0.2) is 31.1 Å². The van der Waals surface area contributed by atoms with Gasteiger partial charge < -0.3 is 0 Å². The van der Waals surface area contributed by atoms with Crippen LogP contribution in [0, 0.1) is 25.5 Å². The summed E-state index contributed by atoms with van der Waals surface area (Å²) in [7, 11) is 0. The van der Waals surface area contributed by atoms with Crippen LogP contribution in [0.3, 0.4) is 0 Å². The normalized spacial score (nSPS) is 11.1. The molecule has 0 aliphatic heterocycles. The molecule has 0 atom stereocenters. The first-order chi connectivity index (χ1) is 10.9. The van der Waals surface area contributed by atoms with E-state index in [2.05, 4.69) is 15.1 Å². The maximum Gasteiger partial charge on any atom is 0.253 e. The number of thioether (sulfide) groups is 1. The van der Waals surface area contributed by atoms with Crippen molar-refractivity contribution < 1.29 is 13.6 Å². The van der Waals surface area contributed by atoms with Crippen LogP contribution >= 0.6 is 11.8 Å². The number of hydrogen-bond donors (Lipinski definition) is 0. The number of aromatic nitrogens is 4. The number of benzene rings is 1. The van der Waals surface area contributed by atoms with Gasteiger partial charge >= 0.3 is 0 Å². The summed E-state index contributed by atoms with van der Waals surface area (Å²) >= 11 is 1.12. The average molecular weight is 334 g/mol. The summed E-state index contributed by atoms with van der Waals surface area (Å²) in [5.74, 6) is -1.85. The molecular weight excluding hydrogens is 322 g/mol. The van der Waals surface area contributed by atoms with Crippen LogP contribution in [0.5, 0.6) is 0 Å². The number of halogens is 2. The number of fused-ring (bicyclic) bond motifs is 1. The molecule has 0 aliphatic rings. The molecule has 0 unspecified atom stereocenters. The Morgan fingerprint density at radius 1 is 1.17 bits per heavy atom. The highest BCUT2D eigenvalue weighted by Gasteiger charge is 2.13. The second kappa shape index (κ2) is 6.04. The molecule has 3 rings (SSSR count). The topological polar surface area (TPSA) is 60.2 Å². The second-order valence-corrected chi connectivity index (χ2v) is 5.93. The molecule has 1 aromatic carbocycles. The van der Waals surface area contributed by atoms with Crippen LogP contribution in [0.2, 0.25) is 0 Å². The first kappa shape index (κ1) is 15.5. The lowest BCUT2D eigenvalue weighted by molar-refractivity contribution is 0.102. The number of nitrogens with zero attached hydrogens (tertiary/aromatic N) is 4. The Labute approximate surface area is 134 Å². The largest absolute Gasteiger partial charge is 0.293 e. The number of carbonyl (C=O) groups excluding carboxylic acids is 1. The number of rotatable bonds is 4. The van der Waals surface area contributed by atoms with E-state index in [9.17, 15) is 13.6 Å². The number of aryl methyl sites for hydroxylation is 2. The molecule has 0 saturated carbocycles. The Hall–Kier alpha value is -2.35. The van der Waals surface area contributed by atoms with Crippen LogP contribution < -0.4 is 0 Å². The Morgan fingerprint density at radius 3 is 2.70 bits per heavy atom. The lowest BCUT2D eigenvalue weighted by atomic mass is 10.1. The van der Waals surface area contributed by atoms with Gasteiger partial charge in [0.05, 0.1) is 5.75 Å². The van der Waals surface area contributed by atoms with Gasteiger partial charge in [-0.1, -0.05) is 11.8 Å². The van der Waals surface area contributed by atoms with Crippen molar-refractivity contribution in [3.05, 3.63) is 52.9 Å². The fourth-order valence-electron chi connectivity index (χ4n) is 2.09. The smallest absolute Gasteiger partial charge is 0.253 e. The zero-order chi connectivity index (χ0) is 16.6. The first-order valence-corrected chi connectivity index (χ1v) is 7.74. The van der Waals surface area contributed by atoms with E-state index < -0.39 is 11.6 Å². The van der Waals surface area contributed by atoms with E-state index in [4.69, 9.17) is 0 Å². The van der Waals surface area contributed by atoms with Crippen LogP contribution in [-0.2, 0) is 0 Å². The zero-order valence-corrected chi connectivity index (χ0v) is 13.2. The zero-order valence-electron chi connectivity index (χ0n) is 12.4. The molecule has 23 heavy (non-hydrogen) atoms. The van der Waals surface area contributed by atoms with E-state index in [0.29, 0.717) is 10.9 Å². The van der Waals surface area contributed by atoms with E-state index in [-0.39, 0.29) is 17.1 Å². The van der Waals surface area contributed by atoms with Gasteiger partial charge in [-0.15, -0.1) is 5.10 Å². The summed E-state index contributed by atoms with van der Waals surface area (Å²) in [5.41, 5.74) is 1.83. The highest BCUT2D eigenvalue weighted by Crippen LogP contribution is 2.18. The van der Waals surface area contributed by atoms with Gasteiger partial charge in [-0.2, -0.15) is 4.98 Å². The standard InChI is InChI=1S/C15H12F2N4OS/c1-8-5-9(2)21-14(18-8)19-15(20-21)23-7-13(22)10-3-4-11(16)12(17)6-10/h3-6H,7H2,1-2H3. The van der Waals surface area contributed by atoms with Gasteiger partial charge in [-0.05, 0) is 38.1 Å². The maximum atomic E-state index is 13.2. The first-order valence-electron chi connectivity index (χ1n) is 6.76. The van der Waals surface area contributed by atoms with E-state index in [0.717, 1.165) is 35.3 Å². The average Bonchev–Trinajstić information content (AvgIpc) is 2.91. The minimum atomic E-state index is -1.04. The number of carbonyl (C=O) groups is 1. The Morgan fingerprint density at radius 2 is 1.96 bits per heavy atom. The predicted molar refractivity (Wildman–Crippen MR) is 81.7 cm³/mol. The molecule has 3 aromatic rings. The summed E-state index contributed by atoms with van der Waals surface area (Å²) in [6.07, 6.45) is 0. The fourth-order valence-corrected chi connectivity index (χ4v) is 2.80. The highest BCUT2D eigenvalue weighted by atomic mass is 32.2. The molecule has 0 fully saturated rings. The maximum absolute atomic E-state index is 13.2. The van der Waals surface area contributed by atoms with Gasteiger partial charge in [-0.25, -0.2) is 18.3 Å². The van der Waals surface area contributed by atoms with E-state index in [1.165, 1.54) is 6.07 Å². The molecule has 0 aliphatic carbocycles. The van der Waals surface area contributed by atoms with Gasteiger partial charge in [0.25, 0.3) is 5.78 Å². The van der Waals surface area contributed by atoms with Crippen molar-refractivity contribution in [3.63, 3.8) is 0 Å². The molecule has 2 aromatic heterocycles. The van der Waals surface area contributed by atoms with Crippen molar-refractivity contribution in [3.8, 4) is 0 Å². The minimum absolute atomic E-state index is 0.0278. The Kier molecular flexibility index (Phi) is 4.08. The summed E-state index contributed by atoms with van der Waals surface area (Å²) in [6, 6.07) is 4.97. The summed E-state index contributed by atoms with van der Waals surface area (Å²) < 4.78 is 27.6. The third kappa shape index (κ3) is 3.21. The summed E-state index contributed by atoms with van der Waals surface area (Å²) in [4.78, 5) is 20.5. The number of hydrogen-bond acceptors (Lipinski definition) is 5. The highest BCUT2D eigenvalue weighted by molar-refractivity contribution is 7.99. The quantitative estimate of drug-likeness (QED) is 0.542. The van der Waals surface area contributed by atoms with Crippen LogP contribution in [0.25, 0.3) is 5.78 Å². The second-order valence-electron chi connectivity index (χ2n) is 4.99. The van der Waals surface area contributed by atoms with Crippen molar-refractivity contribution in [1.82, 2.24) is 19.6 Å². The SMILES string of the molecule is Cc1cc(C)n2nc(SCC(=O)c3ccc(F)c(F)c3)nc2n1.